The molecule has 1 unspecified atom stereocenters. The maximum Gasteiger partial charge on any atom is 0.191 e. The van der Waals surface area contributed by atoms with Crippen LogP contribution in [0.1, 0.15) is 12.1 Å². The molecule has 0 aliphatic carbocycles. The van der Waals surface area contributed by atoms with Crippen molar-refractivity contribution in [3.8, 4) is 0 Å². The number of carbonyl (C=O) groups excluding carboxylic acids is 1. The molecule has 1 aromatic rings. The first-order valence-corrected chi connectivity index (χ1v) is 5.43. The molecule has 1 saturated heterocycles. The van der Waals surface area contributed by atoms with Crippen molar-refractivity contribution >= 4 is 23.1 Å². The zero-order valence-corrected chi connectivity index (χ0v) is 8.41. The Morgan fingerprint density at radius 1 is 1.57 bits per heavy atom. The highest BCUT2D eigenvalue weighted by molar-refractivity contribution is 8.14. The molecule has 0 bridgehead atoms. The molecule has 1 aliphatic heterocycles. The van der Waals surface area contributed by atoms with Crippen LogP contribution in [0.4, 0.5) is 0 Å². The molecule has 1 fully saturated rings. The monoisotopic (exact) mass is 206 g/mol. The Kier molecular flexibility index (Phi) is 2.93. The van der Waals surface area contributed by atoms with Crippen LogP contribution in [0, 0.1) is 0 Å². The number of nitrogens with zero attached hydrogens (tertiary/aromatic N) is 2. The molecule has 0 N–H and O–H groups in total. The minimum Gasteiger partial charge on any atom is -0.287 e. The van der Waals surface area contributed by atoms with Gasteiger partial charge in [-0.2, -0.15) is 0 Å². The van der Waals surface area contributed by atoms with Crippen LogP contribution in [0.5, 0.6) is 0 Å². The first-order chi connectivity index (χ1) is 6.84. The highest BCUT2D eigenvalue weighted by atomic mass is 32.2. The lowest BCUT2D eigenvalue weighted by Crippen LogP contribution is -2.02. The van der Waals surface area contributed by atoms with Gasteiger partial charge in [0.1, 0.15) is 0 Å². The number of aliphatic imine (C=N–C) groups is 1. The molecule has 1 aliphatic rings. The smallest absolute Gasteiger partial charge is 0.191 e. The molecule has 2 rings (SSSR count). The summed E-state index contributed by atoms with van der Waals surface area (Å²) < 4.78 is 0. The lowest BCUT2D eigenvalue weighted by Gasteiger charge is -1.97. The third-order valence-electron chi connectivity index (χ3n) is 1.94. The zero-order chi connectivity index (χ0) is 9.80. The standard InChI is InChI=1S/C10H10N2OS/c13-10-5-9(7-14-10)12-6-8-3-1-2-4-11-8/h1-4,6,9H,5,7H2. The highest BCUT2D eigenvalue weighted by Crippen LogP contribution is 2.21. The van der Waals surface area contributed by atoms with E-state index in [4.69, 9.17) is 0 Å². The van der Waals surface area contributed by atoms with Crippen LogP contribution in [0.25, 0.3) is 0 Å². The summed E-state index contributed by atoms with van der Waals surface area (Å²) in [5.74, 6) is 0.808. The van der Waals surface area contributed by atoms with E-state index in [-0.39, 0.29) is 11.2 Å². The van der Waals surface area contributed by atoms with Gasteiger partial charge in [-0.1, -0.05) is 17.8 Å². The molecule has 0 spiro atoms. The number of hydrogen-bond donors (Lipinski definition) is 0. The Labute approximate surface area is 86.6 Å². The van der Waals surface area contributed by atoms with E-state index in [0.717, 1.165) is 11.4 Å². The summed E-state index contributed by atoms with van der Waals surface area (Å²) in [4.78, 5) is 19.4. The molecular formula is C10H10N2OS. The molecule has 0 saturated carbocycles. The third-order valence-corrected chi connectivity index (χ3v) is 2.98. The van der Waals surface area contributed by atoms with E-state index in [1.54, 1.807) is 12.4 Å². The fourth-order valence-corrected chi connectivity index (χ4v) is 2.12. The number of thioether (sulfide) groups is 1. The molecule has 0 radical (unpaired) electrons. The second-order valence-electron chi connectivity index (χ2n) is 3.07. The van der Waals surface area contributed by atoms with Crippen LogP contribution in [-0.2, 0) is 4.79 Å². The molecule has 72 valence electrons. The molecule has 4 heteroatoms. The van der Waals surface area contributed by atoms with Crippen molar-refractivity contribution in [2.45, 2.75) is 12.5 Å². The molecule has 1 aromatic heterocycles. The number of aromatic nitrogens is 1. The predicted molar refractivity (Wildman–Crippen MR) is 57.7 cm³/mol. The number of rotatable bonds is 2. The topological polar surface area (TPSA) is 42.3 Å². The van der Waals surface area contributed by atoms with E-state index in [2.05, 4.69) is 9.98 Å². The summed E-state index contributed by atoms with van der Waals surface area (Å²) in [5, 5.41) is 0.244. The van der Waals surface area contributed by atoms with Crippen molar-refractivity contribution in [1.82, 2.24) is 4.98 Å². The molecule has 2 heterocycles. The minimum atomic E-state index is 0.148. The molecule has 0 aromatic carbocycles. The van der Waals surface area contributed by atoms with Gasteiger partial charge in [-0.25, -0.2) is 0 Å². The van der Waals surface area contributed by atoms with Crippen LogP contribution >= 0.6 is 11.8 Å². The van der Waals surface area contributed by atoms with Crippen molar-refractivity contribution in [2.24, 2.45) is 4.99 Å². The van der Waals surface area contributed by atoms with E-state index in [0.29, 0.717) is 6.42 Å². The van der Waals surface area contributed by atoms with Gasteiger partial charge >= 0.3 is 0 Å². The number of hydrogen-bond acceptors (Lipinski definition) is 4. The van der Waals surface area contributed by atoms with Crippen molar-refractivity contribution in [3.63, 3.8) is 0 Å². The van der Waals surface area contributed by atoms with Crippen molar-refractivity contribution in [1.29, 1.82) is 0 Å². The van der Waals surface area contributed by atoms with Gasteiger partial charge in [0.2, 0.25) is 0 Å². The fraction of sp³-hybridized carbons (Fsp3) is 0.300. The van der Waals surface area contributed by atoms with E-state index < -0.39 is 0 Å². The van der Waals surface area contributed by atoms with Gasteiger partial charge in [0, 0.05) is 24.6 Å². The fourth-order valence-electron chi connectivity index (χ4n) is 1.23. The van der Waals surface area contributed by atoms with E-state index in [1.807, 2.05) is 18.2 Å². The second-order valence-corrected chi connectivity index (χ2v) is 4.15. The molecule has 1 atom stereocenters. The summed E-state index contributed by atoms with van der Waals surface area (Å²) in [5.41, 5.74) is 0.844. The third kappa shape index (κ3) is 2.42. The summed E-state index contributed by atoms with van der Waals surface area (Å²) in [7, 11) is 0. The quantitative estimate of drug-likeness (QED) is 0.689. The van der Waals surface area contributed by atoms with E-state index in [9.17, 15) is 4.79 Å². The van der Waals surface area contributed by atoms with Crippen LogP contribution in [-0.4, -0.2) is 28.1 Å². The normalized spacial score (nSPS) is 22.0. The van der Waals surface area contributed by atoms with Crippen LogP contribution in [0.3, 0.4) is 0 Å². The van der Waals surface area contributed by atoms with Gasteiger partial charge in [-0.3, -0.25) is 14.8 Å². The summed E-state index contributed by atoms with van der Waals surface area (Å²) in [6, 6.07) is 5.83. The molecule has 3 nitrogen and oxygen atoms in total. The minimum absolute atomic E-state index is 0.148. The Morgan fingerprint density at radius 3 is 3.14 bits per heavy atom. The Hall–Kier alpha value is -1.16. The van der Waals surface area contributed by atoms with Gasteiger partial charge < -0.3 is 0 Å². The summed E-state index contributed by atoms with van der Waals surface area (Å²) in [6.45, 7) is 0. The van der Waals surface area contributed by atoms with Gasteiger partial charge in [0.05, 0.1) is 11.7 Å². The molecule has 14 heavy (non-hydrogen) atoms. The lowest BCUT2D eigenvalue weighted by molar-refractivity contribution is -0.110. The SMILES string of the molecule is O=C1CC(N=Cc2ccccn2)CS1. The van der Waals surface area contributed by atoms with E-state index in [1.165, 1.54) is 11.8 Å². The molecule has 0 amide bonds. The summed E-state index contributed by atoms with van der Waals surface area (Å²) >= 11 is 1.37. The van der Waals surface area contributed by atoms with E-state index >= 15 is 0 Å². The van der Waals surface area contributed by atoms with Gasteiger partial charge in [0.15, 0.2) is 5.12 Å². The van der Waals surface area contributed by atoms with Crippen LogP contribution in [0.15, 0.2) is 29.4 Å². The van der Waals surface area contributed by atoms with Crippen molar-refractivity contribution < 1.29 is 4.79 Å². The van der Waals surface area contributed by atoms with Gasteiger partial charge in [-0.15, -0.1) is 0 Å². The first kappa shape index (κ1) is 9.40. The van der Waals surface area contributed by atoms with Gasteiger partial charge in [0.25, 0.3) is 0 Å². The molecular weight excluding hydrogens is 196 g/mol. The maximum atomic E-state index is 10.9. The van der Waals surface area contributed by atoms with Crippen LogP contribution < -0.4 is 0 Å². The second kappa shape index (κ2) is 4.37. The van der Waals surface area contributed by atoms with Crippen molar-refractivity contribution in [2.75, 3.05) is 5.75 Å². The maximum absolute atomic E-state index is 10.9. The Balaban J connectivity index is 1.97. The Morgan fingerprint density at radius 2 is 2.50 bits per heavy atom. The largest absolute Gasteiger partial charge is 0.287 e. The van der Waals surface area contributed by atoms with Crippen molar-refractivity contribution in [3.05, 3.63) is 30.1 Å². The number of pyridine rings is 1. The highest BCUT2D eigenvalue weighted by Gasteiger charge is 2.21. The lowest BCUT2D eigenvalue weighted by atomic mass is 10.3. The van der Waals surface area contributed by atoms with Gasteiger partial charge in [-0.05, 0) is 12.1 Å². The predicted octanol–water partition coefficient (Wildman–Crippen LogP) is 1.53. The number of carbonyl (C=O) groups is 1. The van der Waals surface area contributed by atoms with Crippen LogP contribution in [0.2, 0.25) is 0 Å². The average Bonchev–Trinajstić information content (AvgIpc) is 2.63. The first-order valence-electron chi connectivity index (χ1n) is 4.44. The summed E-state index contributed by atoms with van der Waals surface area (Å²) in [6.07, 6.45) is 4.04. The zero-order valence-electron chi connectivity index (χ0n) is 7.59. The Bertz CT molecular complexity index is 350. The average molecular weight is 206 g/mol.